The van der Waals surface area contributed by atoms with Gasteiger partial charge in [-0.2, -0.15) is 0 Å². The van der Waals surface area contributed by atoms with Crippen molar-refractivity contribution in [3.63, 3.8) is 0 Å². The summed E-state index contributed by atoms with van der Waals surface area (Å²) < 4.78 is 7.87. The molecule has 0 saturated carbocycles. The van der Waals surface area contributed by atoms with Crippen LogP contribution in [0.5, 0.6) is 5.75 Å². The number of carbonyl (C=O) groups excluding carboxylic acids is 2. The average Bonchev–Trinajstić information content (AvgIpc) is 3.27. The van der Waals surface area contributed by atoms with Crippen LogP contribution in [0.2, 0.25) is 0 Å². The number of aryl methyl sites for hydroxylation is 2. The van der Waals surface area contributed by atoms with Crippen LogP contribution in [0.25, 0.3) is 15.9 Å². The Labute approximate surface area is 235 Å². The number of hydrogen-bond donors (Lipinski definition) is 2. The van der Waals surface area contributed by atoms with Crippen molar-refractivity contribution >= 4 is 72.4 Å². The Kier molecular flexibility index (Phi) is 7.87. The Morgan fingerprint density at radius 2 is 1.89 bits per heavy atom. The molecule has 11 heteroatoms. The van der Waals surface area contributed by atoms with Crippen molar-refractivity contribution in [3.05, 3.63) is 67.7 Å². The molecule has 1 aliphatic rings. The van der Waals surface area contributed by atoms with Gasteiger partial charge >= 0.3 is 0 Å². The molecule has 1 aliphatic carbocycles. The molecule has 0 atom stereocenters. The Balaban J connectivity index is 1.47. The number of thioether (sulfide) groups is 1. The second-order valence-corrected chi connectivity index (χ2v) is 11.8. The van der Waals surface area contributed by atoms with Gasteiger partial charge in [0.05, 0.1) is 29.6 Å². The van der Waals surface area contributed by atoms with Crippen molar-refractivity contribution in [2.45, 2.75) is 37.8 Å². The third-order valence-corrected chi connectivity index (χ3v) is 8.82. The third-order valence-electron chi connectivity index (χ3n) is 6.17. The second-order valence-electron chi connectivity index (χ2n) is 8.84. The van der Waals surface area contributed by atoms with E-state index < -0.39 is 0 Å². The number of anilines is 2. The summed E-state index contributed by atoms with van der Waals surface area (Å²) in [7, 11) is 1.51. The van der Waals surface area contributed by atoms with E-state index >= 15 is 0 Å². The molecule has 0 aliphatic heterocycles. The summed E-state index contributed by atoms with van der Waals surface area (Å²) in [6, 6.07) is 12.5. The number of benzene rings is 2. The fraction of sp³-hybridized carbons (Fsp3) is 0.259. The summed E-state index contributed by atoms with van der Waals surface area (Å²) in [6.07, 6.45) is 4.05. The number of ether oxygens (including phenoxy) is 1. The summed E-state index contributed by atoms with van der Waals surface area (Å²) >= 11 is 6.24. The smallest absolute Gasteiger partial charge is 0.267 e. The van der Waals surface area contributed by atoms with E-state index in [1.807, 2.05) is 24.3 Å². The number of nitrogens with one attached hydrogen (secondary N) is 2. The van der Waals surface area contributed by atoms with Crippen molar-refractivity contribution in [2.75, 3.05) is 23.5 Å². The molecule has 0 bridgehead atoms. The first-order valence-electron chi connectivity index (χ1n) is 12.1. The zero-order valence-corrected chi connectivity index (χ0v) is 24.0. The summed E-state index contributed by atoms with van der Waals surface area (Å²) in [5, 5.41) is 6.70. The van der Waals surface area contributed by atoms with Crippen LogP contribution >= 0.6 is 39.0 Å². The van der Waals surface area contributed by atoms with E-state index in [0.717, 1.165) is 40.5 Å². The molecule has 2 heterocycles. The minimum Gasteiger partial charge on any atom is -0.495 e. The van der Waals surface area contributed by atoms with Gasteiger partial charge < -0.3 is 15.4 Å². The highest BCUT2D eigenvalue weighted by atomic mass is 79.9. The van der Waals surface area contributed by atoms with Crippen LogP contribution in [0.4, 0.5) is 11.4 Å². The van der Waals surface area contributed by atoms with E-state index in [2.05, 4.69) is 26.6 Å². The van der Waals surface area contributed by atoms with Crippen LogP contribution in [-0.2, 0) is 22.4 Å². The number of halogens is 1. The van der Waals surface area contributed by atoms with Crippen molar-refractivity contribution in [3.8, 4) is 11.4 Å². The van der Waals surface area contributed by atoms with E-state index in [0.29, 0.717) is 33.4 Å². The molecule has 2 N–H and O–H groups in total. The zero-order chi connectivity index (χ0) is 26.8. The van der Waals surface area contributed by atoms with E-state index in [1.165, 1.54) is 30.7 Å². The van der Waals surface area contributed by atoms with Gasteiger partial charge in [-0.05, 0) is 73.7 Å². The number of rotatable bonds is 7. The Hall–Kier alpha value is -3.15. The van der Waals surface area contributed by atoms with Gasteiger partial charge in [-0.1, -0.05) is 27.7 Å². The van der Waals surface area contributed by atoms with Gasteiger partial charge in [0.2, 0.25) is 11.8 Å². The van der Waals surface area contributed by atoms with Gasteiger partial charge in [0.25, 0.3) is 5.56 Å². The first-order chi connectivity index (χ1) is 18.3. The topological polar surface area (TPSA) is 102 Å². The first kappa shape index (κ1) is 26.5. The maximum atomic E-state index is 13.9. The van der Waals surface area contributed by atoms with Gasteiger partial charge in [0.15, 0.2) is 5.16 Å². The van der Waals surface area contributed by atoms with Crippen molar-refractivity contribution in [2.24, 2.45) is 0 Å². The van der Waals surface area contributed by atoms with Gasteiger partial charge in [-0.25, -0.2) is 4.98 Å². The molecule has 2 amide bonds. The van der Waals surface area contributed by atoms with Crippen molar-refractivity contribution in [1.82, 2.24) is 9.55 Å². The molecule has 0 radical (unpaired) electrons. The van der Waals surface area contributed by atoms with Crippen LogP contribution < -0.4 is 20.9 Å². The highest BCUT2D eigenvalue weighted by Gasteiger charge is 2.23. The number of carbonyl (C=O) groups is 2. The molecular formula is C27H25BrN4O4S2. The lowest BCUT2D eigenvalue weighted by molar-refractivity contribution is -0.114. The third kappa shape index (κ3) is 5.50. The molecule has 0 fully saturated rings. The number of thiophene rings is 1. The van der Waals surface area contributed by atoms with Crippen LogP contribution in [0.1, 0.15) is 30.2 Å². The SMILES string of the molecule is COc1ccc(NC(C)=O)cc1NC(=O)CSc1nc2sc3c(c2c(=O)n1-c1ccc(Br)cc1)CCCC3. The van der Waals surface area contributed by atoms with E-state index in [9.17, 15) is 14.4 Å². The summed E-state index contributed by atoms with van der Waals surface area (Å²) in [5.74, 6) is -0.0263. The summed E-state index contributed by atoms with van der Waals surface area (Å²) in [6.45, 7) is 1.41. The molecule has 0 saturated heterocycles. The van der Waals surface area contributed by atoms with Gasteiger partial charge in [0.1, 0.15) is 10.6 Å². The largest absolute Gasteiger partial charge is 0.495 e. The molecule has 2 aromatic carbocycles. The number of nitrogens with zero attached hydrogens (tertiary/aromatic N) is 2. The first-order valence-corrected chi connectivity index (χ1v) is 14.6. The Bertz CT molecular complexity index is 1600. The molecule has 0 unspecified atom stereocenters. The average molecular weight is 614 g/mol. The highest BCUT2D eigenvalue weighted by molar-refractivity contribution is 9.10. The lowest BCUT2D eigenvalue weighted by Crippen LogP contribution is -2.23. The number of methoxy groups -OCH3 is 1. The molecule has 8 nitrogen and oxygen atoms in total. The normalized spacial score (nSPS) is 12.7. The molecule has 38 heavy (non-hydrogen) atoms. The number of hydrogen-bond acceptors (Lipinski definition) is 7. The van der Waals surface area contributed by atoms with Gasteiger partial charge in [-0.15, -0.1) is 11.3 Å². The molecule has 2 aromatic heterocycles. The molecular weight excluding hydrogens is 588 g/mol. The van der Waals surface area contributed by atoms with Gasteiger partial charge in [0, 0.05) is 22.0 Å². The van der Waals surface area contributed by atoms with Crippen molar-refractivity contribution < 1.29 is 14.3 Å². The van der Waals surface area contributed by atoms with Crippen molar-refractivity contribution in [1.29, 1.82) is 0 Å². The molecule has 196 valence electrons. The maximum Gasteiger partial charge on any atom is 0.267 e. The lowest BCUT2D eigenvalue weighted by Gasteiger charge is -2.14. The predicted molar refractivity (Wildman–Crippen MR) is 156 cm³/mol. The van der Waals surface area contributed by atoms with Crippen LogP contribution in [-0.4, -0.2) is 34.2 Å². The fourth-order valence-electron chi connectivity index (χ4n) is 4.50. The van der Waals surface area contributed by atoms with Crippen LogP contribution in [0.15, 0.2) is 56.9 Å². The van der Waals surface area contributed by atoms with E-state index in [1.54, 1.807) is 34.1 Å². The standard InChI is InChI=1S/C27H25BrN4O4S2/c1-15(33)29-17-9-12-21(36-2)20(13-17)30-23(34)14-37-27-31-25-24(19-5-3-4-6-22(19)38-25)26(35)32(27)18-10-7-16(28)8-11-18/h7-13H,3-6,14H2,1-2H3,(H,29,33)(H,30,34). The Morgan fingerprint density at radius 1 is 1.13 bits per heavy atom. The minimum atomic E-state index is -0.296. The van der Waals surface area contributed by atoms with E-state index in [-0.39, 0.29) is 23.1 Å². The monoisotopic (exact) mass is 612 g/mol. The predicted octanol–water partition coefficient (Wildman–Crippen LogP) is 5.79. The summed E-state index contributed by atoms with van der Waals surface area (Å²) in [5.41, 5.74) is 2.68. The zero-order valence-electron chi connectivity index (χ0n) is 20.8. The van der Waals surface area contributed by atoms with Gasteiger partial charge in [-0.3, -0.25) is 19.0 Å². The Morgan fingerprint density at radius 3 is 2.63 bits per heavy atom. The number of fused-ring (bicyclic) bond motifs is 3. The minimum absolute atomic E-state index is 0.0209. The van der Waals surface area contributed by atoms with Crippen LogP contribution in [0.3, 0.4) is 0 Å². The fourth-order valence-corrected chi connectivity index (χ4v) is 6.88. The number of aromatic nitrogens is 2. The summed E-state index contributed by atoms with van der Waals surface area (Å²) in [4.78, 5) is 45.1. The quantitative estimate of drug-likeness (QED) is 0.202. The van der Waals surface area contributed by atoms with E-state index in [4.69, 9.17) is 9.72 Å². The van der Waals surface area contributed by atoms with Crippen LogP contribution in [0, 0.1) is 0 Å². The molecule has 5 rings (SSSR count). The second kappa shape index (κ2) is 11.3. The highest BCUT2D eigenvalue weighted by Crippen LogP contribution is 2.35. The molecule has 4 aromatic rings. The molecule has 0 spiro atoms. The maximum absolute atomic E-state index is 13.9. The lowest BCUT2D eigenvalue weighted by atomic mass is 9.97. The number of amides is 2.